The molecule has 0 fully saturated rings. The van der Waals surface area contributed by atoms with E-state index in [1.807, 2.05) is 11.6 Å². The van der Waals surface area contributed by atoms with Gasteiger partial charge in [-0.05, 0) is 24.6 Å². The van der Waals surface area contributed by atoms with Crippen molar-refractivity contribution in [3.05, 3.63) is 34.8 Å². The number of alkyl halides is 3. The molecule has 1 aromatic carbocycles. The minimum Gasteiger partial charge on any atom is -0.299 e. The molecule has 0 saturated carbocycles. The second-order valence-corrected chi connectivity index (χ2v) is 7.58. The van der Waals surface area contributed by atoms with E-state index in [1.54, 1.807) is 0 Å². The van der Waals surface area contributed by atoms with Gasteiger partial charge >= 0.3 is 6.18 Å². The molecule has 0 radical (unpaired) electrons. The van der Waals surface area contributed by atoms with Crippen LogP contribution < -0.4 is 10.0 Å². The summed E-state index contributed by atoms with van der Waals surface area (Å²) in [6.45, 7) is 1.20. The van der Waals surface area contributed by atoms with E-state index in [4.69, 9.17) is 0 Å². The van der Waals surface area contributed by atoms with Gasteiger partial charge in [0.25, 0.3) is 0 Å². The van der Waals surface area contributed by atoms with Crippen LogP contribution >= 0.6 is 11.3 Å². The Morgan fingerprint density at radius 2 is 2.00 bits per heavy atom. The lowest BCUT2D eigenvalue weighted by Crippen LogP contribution is -2.33. The maximum atomic E-state index is 12.7. The van der Waals surface area contributed by atoms with E-state index in [9.17, 15) is 26.4 Å². The van der Waals surface area contributed by atoms with Gasteiger partial charge < -0.3 is 0 Å². The quantitative estimate of drug-likeness (QED) is 0.781. The van der Waals surface area contributed by atoms with Gasteiger partial charge in [0.15, 0.2) is 0 Å². The van der Waals surface area contributed by atoms with E-state index in [0.717, 1.165) is 29.5 Å². The molecular formula is C13H13F3N4O3S2. The first-order chi connectivity index (χ1) is 11.6. The molecule has 2 aromatic rings. The number of benzene rings is 1. The average molecular weight is 394 g/mol. The lowest BCUT2D eigenvalue weighted by atomic mass is 10.2. The first-order valence-corrected chi connectivity index (χ1v) is 9.21. The van der Waals surface area contributed by atoms with Gasteiger partial charge in [-0.15, -0.1) is 10.2 Å². The van der Waals surface area contributed by atoms with Crippen LogP contribution in [0.2, 0.25) is 0 Å². The van der Waals surface area contributed by atoms with Gasteiger partial charge in [0.05, 0.1) is 17.0 Å². The second-order valence-electron chi connectivity index (χ2n) is 4.75. The van der Waals surface area contributed by atoms with Gasteiger partial charge in [-0.1, -0.05) is 24.3 Å². The van der Waals surface area contributed by atoms with Crippen LogP contribution in [0.1, 0.15) is 17.5 Å². The number of nitrogens with zero attached hydrogens (tertiary/aromatic N) is 2. The van der Waals surface area contributed by atoms with E-state index in [-0.39, 0.29) is 5.13 Å². The van der Waals surface area contributed by atoms with Crippen LogP contribution in [0.4, 0.5) is 18.3 Å². The fourth-order valence-corrected chi connectivity index (χ4v) is 3.42. The van der Waals surface area contributed by atoms with Gasteiger partial charge in [0, 0.05) is 0 Å². The number of sulfonamides is 1. The Morgan fingerprint density at radius 3 is 2.60 bits per heavy atom. The number of carbonyl (C=O) groups excluding carboxylic acids is 1. The fraction of sp³-hybridized carbons (Fsp3) is 0.308. The summed E-state index contributed by atoms with van der Waals surface area (Å²) >= 11 is 1.14. The number of rotatable bonds is 6. The van der Waals surface area contributed by atoms with Gasteiger partial charge in [0.1, 0.15) is 5.01 Å². The zero-order valence-corrected chi connectivity index (χ0v) is 14.4. The number of nitrogens with one attached hydrogen (secondary N) is 2. The summed E-state index contributed by atoms with van der Waals surface area (Å²) in [5.74, 6) is -0.714. The predicted octanol–water partition coefficient (Wildman–Crippen LogP) is 2.04. The number of hydrogen-bond acceptors (Lipinski definition) is 6. The third-order valence-electron chi connectivity index (χ3n) is 2.91. The molecule has 2 rings (SSSR count). The van der Waals surface area contributed by atoms with Crippen molar-refractivity contribution < 1.29 is 26.4 Å². The average Bonchev–Trinajstić information content (AvgIpc) is 3.00. The number of aryl methyl sites for hydroxylation is 1. The zero-order chi connectivity index (χ0) is 18.7. The smallest absolute Gasteiger partial charge is 0.299 e. The largest absolute Gasteiger partial charge is 0.416 e. The lowest BCUT2D eigenvalue weighted by Gasteiger charge is -2.10. The highest BCUT2D eigenvalue weighted by atomic mass is 32.2. The van der Waals surface area contributed by atoms with Crippen LogP contribution in [-0.2, 0) is 27.4 Å². The Bertz CT molecular complexity index is 865. The van der Waals surface area contributed by atoms with Gasteiger partial charge in [-0.3, -0.25) is 10.1 Å². The van der Waals surface area contributed by atoms with Gasteiger partial charge in [0.2, 0.25) is 21.1 Å². The molecule has 0 atom stereocenters. The molecule has 12 heteroatoms. The Kier molecular flexibility index (Phi) is 5.75. The van der Waals surface area contributed by atoms with E-state index < -0.39 is 39.1 Å². The normalized spacial score (nSPS) is 12.2. The molecule has 1 amide bonds. The van der Waals surface area contributed by atoms with Crippen molar-refractivity contribution in [2.24, 2.45) is 0 Å². The Balaban J connectivity index is 2.02. The Morgan fingerprint density at radius 1 is 1.28 bits per heavy atom. The van der Waals surface area contributed by atoms with E-state index in [1.165, 1.54) is 0 Å². The summed E-state index contributed by atoms with van der Waals surface area (Å²) in [7, 11) is -4.27. The molecule has 7 nitrogen and oxygen atoms in total. The molecule has 1 heterocycles. The topological polar surface area (TPSA) is 101 Å². The van der Waals surface area contributed by atoms with E-state index in [2.05, 4.69) is 15.5 Å². The van der Waals surface area contributed by atoms with Crippen molar-refractivity contribution >= 4 is 32.4 Å². The molecular weight excluding hydrogens is 381 g/mol. The molecule has 0 aliphatic carbocycles. The van der Waals surface area contributed by atoms with Crippen molar-refractivity contribution in [3.63, 3.8) is 0 Å². The minimum absolute atomic E-state index is 0.208. The highest BCUT2D eigenvalue weighted by Crippen LogP contribution is 2.30. The maximum absolute atomic E-state index is 12.7. The summed E-state index contributed by atoms with van der Waals surface area (Å²) in [6, 6.07) is 3.24. The monoisotopic (exact) mass is 394 g/mol. The molecule has 0 aliphatic heterocycles. The van der Waals surface area contributed by atoms with E-state index in [0.29, 0.717) is 17.5 Å². The highest BCUT2D eigenvalue weighted by molar-refractivity contribution is 7.89. The standard InChI is InChI=1S/C13H13F3N4O3S2/c1-2-11-19-20-12(24-11)18-10(21)7-17-25(22,23)9-5-3-4-8(6-9)13(14,15)16/h3-6,17H,2,7H2,1H3,(H,18,20,21). The summed E-state index contributed by atoms with van der Waals surface area (Å²) in [5, 5.41) is 10.7. The predicted molar refractivity (Wildman–Crippen MR) is 84.5 cm³/mol. The van der Waals surface area contributed by atoms with E-state index >= 15 is 0 Å². The Hall–Kier alpha value is -2.05. The fourth-order valence-electron chi connectivity index (χ4n) is 1.69. The molecule has 136 valence electrons. The molecule has 0 aliphatic rings. The third-order valence-corrected chi connectivity index (χ3v) is 5.29. The summed E-state index contributed by atoms with van der Waals surface area (Å²) < 4.78 is 64.0. The van der Waals surface area contributed by atoms with Crippen LogP contribution in [0, 0.1) is 0 Å². The van der Waals surface area contributed by atoms with Crippen molar-refractivity contribution in [2.75, 3.05) is 11.9 Å². The number of carbonyl (C=O) groups is 1. The lowest BCUT2D eigenvalue weighted by molar-refractivity contribution is -0.137. The van der Waals surface area contributed by atoms with Crippen molar-refractivity contribution in [1.82, 2.24) is 14.9 Å². The Labute approximate surface area is 145 Å². The number of aromatic nitrogens is 2. The molecule has 25 heavy (non-hydrogen) atoms. The maximum Gasteiger partial charge on any atom is 0.416 e. The highest BCUT2D eigenvalue weighted by Gasteiger charge is 2.31. The second kappa shape index (κ2) is 7.45. The molecule has 0 bridgehead atoms. The van der Waals surface area contributed by atoms with Crippen LogP contribution in [0.3, 0.4) is 0 Å². The summed E-state index contributed by atoms with van der Waals surface area (Å²) in [5.41, 5.74) is -1.10. The van der Waals surface area contributed by atoms with Gasteiger partial charge in [-0.25, -0.2) is 13.1 Å². The van der Waals surface area contributed by atoms with Crippen LogP contribution in [-0.4, -0.2) is 31.1 Å². The van der Waals surface area contributed by atoms with Gasteiger partial charge in [-0.2, -0.15) is 13.2 Å². The summed E-state index contributed by atoms with van der Waals surface area (Å²) in [4.78, 5) is 11.2. The van der Waals surface area contributed by atoms with Crippen LogP contribution in [0.5, 0.6) is 0 Å². The first-order valence-electron chi connectivity index (χ1n) is 6.91. The zero-order valence-electron chi connectivity index (χ0n) is 12.8. The molecule has 0 saturated heterocycles. The third kappa shape index (κ3) is 5.21. The molecule has 2 N–H and O–H groups in total. The molecule has 0 spiro atoms. The SMILES string of the molecule is CCc1nnc(NC(=O)CNS(=O)(=O)c2cccc(C(F)(F)F)c2)s1. The summed E-state index contributed by atoms with van der Waals surface area (Å²) in [6.07, 6.45) is -4.03. The number of halogens is 3. The number of hydrogen-bond donors (Lipinski definition) is 2. The molecule has 1 aromatic heterocycles. The van der Waals surface area contributed by atoms with Crippen LogP contribution in [0.25, 0.3) is 0 Å². The minimum atomic E-state index is -4.67. The number of anilines is 1. The van der Waals surface area contributed by atoms with Crippen molar-refractivity contribution in [3.8, 4) is 0 Å². The van der Waals surface area contributed by atoms with Crippen molar-refractivity contribution in [2.45, 2.75) is 24.4 Å². The molecule has 0 unspecified atom stereocenters. The van der Waals surface area contributed by atoms with Crippen molar-refractivity contribution in [1.29, 1.82) is 0 Å². The number of amides is 1. The first kappa shape index (κ1) is 19.3. The van der Waals surface area contributed by atoms with Crippen LogP contribution in [0.15, 0.2) is 29.2 Å².